The van der Waals surface area contributed by atoms with Crippen LogP contribution in [0.5, 0.6) is 11.5 Å². The van der Waals surface area contributed by atoms with E-state index in [1.807, 2.05) is 6.92 Å². The number of rotatable bonds is 10. The second-order valence-electron chi connectivity index (χ2n) is 4.93. The number of amides is 1. The Morgan fingerprint density at radius 2 is 1.91 bits per heavy atom. The van der Waals surface area contributed by atoms with Crippen molar-refractivity contribution in [2.24, 2.45) is 0 Å². The van der Waals surface area contributed by atoms with Crippen molar-refractivity contribution in [2.75, 3.05) is 26.9 Å². The zero-order chi connectivity index (χ0) is 17.1. The third-order valence-electron chi connectivity index (χ3n) is 3.14. The van der Waals surface area contributed by atoms with E-state index in [9.17, 15) is 9.59 Å². The molecule has 0 radical (unpaired) electrons. The Labute approximate surface area is 137 Å². The number of ether oxygens (including phenoxy) is 3. The summed E-state index contributed by atoms with van der Waals surface area (Å²) < 4.78 is 15.6. The first-order valence-electron chi connectivity index (χ1n) is 7.87. The van der Waals surface area contributed by atoms with E-state index in [0.29, 0.717) is 30.2 Å². The average molecular weight is 323 g/mol. The van der Waals surface area contributed by atoms with Gasteiger partial charge in [0.25, 0.3) is 5.91 Å². The second kappa shape index (κ2) is 10.5. The molecule has 0 aliphatic carbocycles. The van der Waals surface area contributed by atoms with Crippen LogP contribution in [0.3, 0.4) is 0 Å². The molecule has 0 aliphatic rings. The molecule has 0 saturated heterocycles. The molecule has 1 N–H and O–H groups in total. The lowest BCUT2D eigenvalue weighted by atomic mass is 10.2. The third kappa shape index (κ3) is 6.59. The number of methoxy groups -OCH3 is 1. The standard InChI is InChI=1S/C17H25NO5/c1-4-6-7-10-18-16(19)12-23-17(20)13-8-9-14(22-5-2)15(11-13)21-3/h8-9,11H,4-7,10,12H2,1-3H3,(H,18,19). The minimum atomic E-state index is -0.574. The SMILES string of the molecule is CCCCCNC(=O)COC(=O)c1ccc(OCC)c(OC)c1. The smallest absolute Gasteiger partial charge is 0.338 e. The first kappa shape index (κ1) is 18.8. The van der Waals surface area contributed by atoms with Crippen molar-refractivity contribution in [3.8, 4) is 11.5 Å². The predicted octanol–water partition coefficient (Wildman–Crippen LogP) is 2.56. The highest BCUT2D eigenvalue weighted by Crippen LogP contribution is 2.28. The van der Waals surface area contributed by atoms with Crippen LogP contribution >= 0.6 is 0 Å². The van der Waals surface area contributed by atoms with Gasteiger partial charge in [0.2, 0.25) is 0 Å². The van der Waals surface area contributed by atoms with Crippen LogP contribution in [0.15, 0.2) is 18.2 Å². The van der Waals surface area contributed by atoms with Crippen LogP contribution < -0.4 is 14.8 Å². The summed E-state index contributed by atoms with van der Waals surface area (Å²) in [5.74, 6) is 0.132. The van der Waals surface area contributed by atoms with Crippen molar-refractivity contribution in [1.29, 1.82) is 0 Å². The van der Waals surface area contributed by atoms with Crippen molar-refractivity contribution in [2.45, 2.75) is 33.1 Å². The summed E-state index contributed by atoms with van der Waals surface area (Å²) in [6.45, 7) is 4.76. The van der Waals surface area contributed by atoms with E-state index in [2.05, 4.69) is 12.2 Å². The van der Waals surface area contributed by atoms with E-state index >= 15 is 0 Å². The maximum atomic E-state index is 12.0. The van der Waals surface area contributed by atoms with Gasteiger partial charge in [0.1, 0.15) is 0 Å². The van der Waals surface area contributed by atoms with Gasteiger partial charge in [0.05, 0.1) is 19.3 Å². The molecule has 0 unspecified atom stereocenters. The van der Waals surface area contributed by atoms with E-state index in [1.54, 1.807) is 12.1 Å². The zero-order valence-corrected chi connectivity index (χ0v) is 14.0. The first-order chi connectivity index (χ1) is 11.1. The van der Waals surface area contributed by atoms with Crippen molar-refractivity contribution in [3.05, 3.63) is 23.8 Å². The highest BCUT2D eigenvalue weighted by atomic mass is 16.5. The largest absolute Gasteiger partial charge is 0.493 e. The van der Waals surface area contributed by atoms with Crippen LogP contribution in [0.4, 0.5) is 0 Å². The normalized spacial score (nSPS) is 10.0. The highest BCUT2D eigenvalue weighted by molar-refractivity contribution is 5.92. The van der Waals surface area contributed by atoms with Gasteiger partial charge >= 0.3 is 5.97 Å². The minimum Gasteiger partial charge on any atom is -0.493 e. The van der Waals surface area contributed by atoms with Crippen molar-refractivity contribution < 1.29 is 23.8 Å². The van der Waals surface area contributed by atoms with Gasteiger partial charge in [-0.25, -0.2) is 4.79 Å². The van der Waals surface area contributed by atoms with Crippen LogP contribution in [0.2, 0.25) is 0 Å². The molecule has 0 spiro atoms. The average Bonchev–Trinajstić information content (AvgIpc) is 2.57. The lowest BCUT2D eigenvalue weighted by Gasteiger charge is -2.11. The molecule has 128 valence electrons. The van der Waals surface area contributed by atoms with E-state index in [1.165, 1.54) is 13.2 Å². The Kier molecular flexibility index (Phi) is 8.57. The molecule has 0 aromatic heterocycles. The molecule has 0 aliphatic heterocycles. The fourth-order valence-corrected chi connectivity index (χ4v) is 1.94. The van der Waals surface area contributed by atoms with Crippen LogP contribution in [0, 0.1) is 0 Å². The van der Waals surface area contributed by atoms with E-state index in [-0.39, 0.29) is 12.5 Å². The van der Waals surface area contributed by atoms with Gasteiger partial charge in [-0.2, -0.15) is 0 Å². The van der Waals surface area contributed by atoms with Gasteiger partial charge in [-0.3, -0.25) is 4.79 Å². The summed E-state index contributed by atoms with van der Waals surface area (Å²) >= 11 is 0. The number of benzene rings is 1. The van der Waals surface area contributed by atoms with Crippen molar-refractivity contribution in [1.82, 2.24) is 5.32 Å². The number of esters is 1. The van der Waals surface area contributed by atoms with Gasteiger partial charge < -0.3 is 19.5 Å². The number of carbonyl (C=O) groups is 2. The molecule has 6 nitrogen and oxygen atoms in total. The fraction of sp³-hybridized carbons (Fsp3) is 0.529. The summed E-state index contributed by atoms with van der Waals surface area (Å²) in [5, 5.41) is 2.71. The number of unbranched alkanes of at least 4 members (excludes halogenated alkanes) is 2. The molecule has 1 aromatic rings. The molecule has 1 aromatic carbocycles. The topological polar surface area (TPSA) is 73.9 Å². The van der Waals surface area contributed by atoms with Gasteiger partial charge in [-0.05, 0) is 31.5 Å². The van der Waals surface area contributed by atoms with Crippen LogP contribution in [0.25, 0.3) is 0 Å². The Balaban J connectivity index is 2.49. The monoisotopic (exact) mass is 323 g/mol. The van der Waals surface area contributed by atoms with Gasteiger partial charge in [-0.1, -0.05) is 19.8 Å². The van der Waals surface area contributed by atoms with Gasteiger partial charge in [-0.15, -0.1) is 0 Å². The van der Waals surface area contributed by atoms with Crippen LogP contribution in [0.1, 0.15) is 43.5 Å². The van der Waals surface area contributed by atoms with Crippen molar-refractivity contribution >= 4 is 11.9 Å². The molecule has 0 heterocycles. The van der Waals surface area contributed by atoms with Gasteiger partial charge in [0.15, 0.2) is 18.1 Å². The summed E-state index contributed by atoms with van der Waals surface area (Å²) in [4.78, 5) is 23.5. The molecule has 0 bridgehead atoms. The van der Waals surface area contributed by atoms with Crippen LogP contribution in [-0.4, -0.2) is 38.7 Å². The Bertz CT molecular complexity index is 516. The van der Waals surface area contributed by atoms with E-state index in [4.69, 9.17) is 14.2 Å². The number of carbonyl (C=O) groups excluding carboxylic acids is 2. The predicted molar refractivity (Wildman–Crippen MR) is 87.0 cm³/mol. The third-order valence-corrected chi connectivity index (χ3v) is 3.14. The first-order valence-corrected chi connectivity index (χ1v) is 7.87. The molecule has 0 fully saturated rings. The summed E-state index contributed by atoms with van der Waals surface area (Å²) in [6.07, 6.45) is 3.07. The lowest BCUT2D eigenvalue weighted by Crippen LogP contribution is -2.29. The molecular weight excluding hydrogens is 298 g/mol. The van der Waals surface area contributed by atoms with E-state index in [0.717, 1.165) is 19.3 Å². The van der Waals surface area contributed by atoms with Gasteiger partial charge in [0, 0.05) is 6.54 Å². The summed E-state index contributed by atoms with van der Waals surface area (Å²) in [7, 11) is 1.50. The molecular formula is C17H25NO5. The summed E-state index contributed by atoms with van der Waals surface area (Å²) in [6, 6.07) is 4.76. The van der Waals surface area contributed by atoms with E-state index < -0.39 is 5.97 Å². The highest BCUT2D eigenvalue weighted by Gasteiger charge is 2.13. The molecule has 1 amide bonds. The minimum absolute atomic E-state index is 0.291. The quantitative estimate of drug-likeness (QED) is 0.529. The molecule has 1 rings (SSSR count). The fourth-order valence-electron chi connectivity index (χ4n) is 1.94. The number of nitrogens with one attached hydrogen (secondary N) is 1. The molecule has 6 heteroatoms. The maximum Gasteiger partial charge on any atom is 0.338 e. The Hall–Kier alpha value is -2.24. The Morgan fingerprint density at radius 3 is 2.57 bits per heavy atom. The number of hydrogen-bond acceptors (Lipinski definition) is 5. The second-order valence-corrected chi connectivity index (χ2v) is 4.93. The maximum absolute atomic E-state index is 12.0. The number of hydrogen-bond donors (Lipinski definition) is 1. The lowest BCUT2D eigenvalue weighted by molar-refractivity contribution is -0.124. The molecule has 0 atom stereocenters. The van der Waals surface area contributed by atoms with Crippen LogP contribution in [-0.2, 0) is 9.53 Å². The zero-order valence-electron chi connectivity index (χ0n) is 14.0. The Morgan fingerprint density at radius 1 is 1.13 bits per heavy atom. The van der Waals surface area contributed by atoms with Crippen molar-refractivity contribution in [3.63, 3.8) is 0 Å². The summed E-state index contributed by atoms with van der Waals surface area (Å²) in [5.41, 5.74) is 0.309. The molecule has 0 saturated carbocycles. The molecule has 23 heavy (non-hydrogen) atoms.